The molecule has 0 spiro atoms. The summed E-state index contributed by atoms with van der Waals surface area (Å²) in [6.45, 7) is 2.03. The van der Waals surface area contributed by atoms with E-state index in [1.54, 1.807) is 0 Å². The molecule has 0 aromatic heterocycles. The van der Waals surface area contributed by atoms with Crippen LogP contribution in [0, 0.1) is 0 Å². The Hall–Kier alpha value is -1.06. The molecule has 0 aliphatic heterocycles. The number of carboxylic acids is 1. The molecule has 0 heterocycles. The fraction of sp³-hybridized carbons (Fsp3) is 0.750. The quantitative estimate of drug-likeness (QED) is 0.559. The van der Waals surface area contributed by atoms with E-state index < -0.39 is 5.97 Å². The van der Waals surface area contributed by atoms with Crippen molar-refractivity contribution in [3.05, 3.63) is 0 Å². The number of unbranched alkanes of at least 4 members (excludes halogenated alkanes) is 1. The van der Waals surface area contributed by atoms with Gasteiger partial charge >= 0.3 is 5.97 Å². The first kappa shape index (κ1) is 10.9. The van der Waals surface area contributed by atoms with Gasteiger partial charge in [-0.1, -0.05) is 19.8 Å². The highest BCUT2D eigenvalue weighted by atomic mass is 16.4. The van der Waals surface area contributed by atoms with Crippen molar-refractivity contribution < 1.29 is 14.7 Å². The summed E-state index contributed by atoms with van der Waals surface area (Å²) in [5.74, 6) is -0.870. The van der Waals surface area contributed by atoms with E-state index in [2.05, 4.69) is 5.32 Å². The predicted molar refractivity (Wildman–Crippen MR) is 44.8 cm³/mol. The van der Waals surface area contributed by atoms with Crippen molar-refractivity contribution in [3.8, 4) is 0 Å². The lowest BCUT2D eigenvalue weighted by molar-refractivity contribution is -0.137. The maximum atomic E-state index is 10.3. The first-order valence-electron chi connectivity index (χ1n) is 4.12. The third kappa shape index (κ3) is 5.70. The van der Waals surface area contributed by atoms with E-state index >= 15 is 0 Å². The van der Waals surface area contributed by atoms with Crippen molar-refractivity contribution >= 4 is 12.4 Å². The first-order chi connectivity index (χ1) is 5.70. The molecule has 1 atom stereocenters. The third-order valence-electron chi connectivity index (χ3n) is 1.63. The SMILES string of the molecule is CCCCC(CC(=O)O)NC=O. The number of hydrogen-bond acceptors (Lipinski definition) is 2. The van der Waals surface area contributed by atoms with Gasteiger partial charge in [0.1, 0.15) is 0 Å². The fourth-order valence-electron chi connectivity index (χ4n) is 1.00. The second kappa shape index (κ2) is 6.64. The van der Waals surface area contributed by atoms with Crippen molar-refractivity contribution in [2.45, 2.75) is 38.6 Å². The number of hydrogen-bond donors (Lipinski definition) is 2. The normalized spacial score (nSPS) is 12.1. The maximum Gasteiger partial charge on any atom is 0.305 e. The molecule has 0 aliphatic carbocycles. The van der Waals surface area contributed by atoms with Crippen molar-refractivity contribution in [1.82, 2.24) is 5.32 Å². The second-order valence-electron chi connectivity index (χ2n) is 2.72. The van der Waals surface area contributed by atoms with Crippen LogP contribution in [0.2, 0.25) is 0 Å². The van der Waals surface area contributed by atoms with Crippen LogP contribution in [0.1, 0.15) is 32.6 Å². The minimum Gasteiger partial charge on any atom is -0.481 e. The van der Waals surface area contributed by atoms with Gasteiger partial charge in [0.25, 0.3) is 0 Å². The van der Waals surface area contributed by atoms with Crippen molar-refractivity contribution in [1.29, 1.82) is 0 Å². The number of rotatable bonds is 7. The number of nitrogens with one attached hydrogen (secondary N) is 1. The van der Waals surface area contributed by atoms with Crippen LogP contribution in [0.5, 0.6) is 0 Å². The Morgan fingerprint density at radius 3 is 2.75 bits per heavy atom. The Labute approximate surface area is 72.0 Å². The second-order valence-corrected chi connectivity index (χ2v) is 2.72. The summed E-state index contributed by atoms with van der Waals surface area (Å²) in [4.78, 5) is 20.3. The summed E-state index contributed by atoms with van der Waals surface area (Å²) in [5, 5.41) is 10.9. The van der Waals surface area contributed by atoms with Crippen LogP contribution in [-0.2, 0) is 9.59 Å². The number of carbonyl (C=O) groups excluding carboxylic acids is 1. The Morgan fingerprint density at radius 2 is 2.33 bits per heavy atom. The zero-order valence-corrected chi connectivity index (χ0v) is 7.25. The lowest BCUT2D eigenvalue weighted by Crippen LogP contribution is -2.30. The molecule has 0 aliphatic rings. The van der Waals surface area contributed by atoms with Gasteiger partial charge in [-0.2, -0.15) is 0 Å². The highest BCUT2D eigenvalue weighted by molar-refractivity contribution is 5.68. The monoisotopic (exact) mass is 173 g/mol. The van der Waals surface area contributed by atoms with Crippen LogP contribution in [0.15, 0.2) is 0 Å². The Morgan fingerprint density at radius 1 is 1.67 bits per heavy atom. The zero-order chi connectivity index (χ0) is 9.40. The minimum atomic E-state index is -0.870. The molecular formula is C8H15NO3. The predicted octanol–water partition coefficient (Wildman–Crippen LogP) is 0.766. The Bertz CT molecular complexity index is 147. The fourth-order valence-corrected chi connectivity index (χ4v) is 1.00. The van der Waals surface area contributed by atoms with Gasteiger partial charge in [-0.15, -0.1) is 0 Å². The highest BCUT2D eigenvalue weighted by Crippen LogP contribution is 2.03. The molecule has 70 valence electrons. The van der Waals surface area contributed by atoms with Crippen LogP contribution in [0.25, 0.3) is 0 Å². The molecule has 12 heavy (non-hydrogen) atoms. The van der Waals surface area contributed by atoms with E-state index in [0.29, 0.717) is 6.41 Å². The van der Waals surface area contributed by atoms with Gasteiger partial charge in [-0.25, -0.2) is 0 Å². The smallest absolute Gasteiger partial charge is 0.305 e. The van der Waals surface area contributed by atoms with Gasteiger partial charge in [-0.05, 0) is 6.42 Å². The van der Waals surface area contributed by atoms with Gasteiger partial charge in [0.05, 0.1) is 6.42 Å². The first-order valence-corrected chi connectivity index (χ1v) is 4.12. The number of carboxylic acid groups (broad SMARTS) is 1. The van der Waals surface area contributed by atoms with Crippen LogP contribution in [0.4, 0.5) is 0 Å². The van der Waals surface area contributed by atoms with E-state index in [9.17, 15) is 9.59 Å². The molecule has 0 rings (SSSR count). The van der Waals surface area contributed by atoms with Crippen molar-refractivity contribution in [2.24, 2.45) is 0 Å². The molecule has 0 aromatic carbocycles. The van der Waals surface area contributed by atoms with Crippen LogP contribution < -0.4 is 5.32 Å². The largest absolute Gasteiger partial charge is 0.481 e. The highest BCUT2D eigenvalue weighted by Gasteiger charge is 2.10. The van der Waals surface area contributed by atoms with E-state index in [1.807, 2.05) is 6.92 Å². The molecular weight excluding hydrogens is 158 g/mol. The van der Waals surface area contributed by atoms with E-state index in [-0.39, 0.29) is 12.5 Å². The topological polar surface area (TPSA) is 66.4 Å². The molecule has 4 heteroatoms. The molecule has 1 unspecified atom stereocenters. The maximum absolute atomic E-state index is 10.3. The summed E-state index contributed by atoms with van der Waals surface area (Å²) < 4.78 is 0. The summed E-state index contributed by atoms with van der Waals surface area (Å²) >= 11 is 0. The van der Waals surface area contributed by atoms with Crippen molar-refractivity contribution in [2.75, 3.05) is 0 Å². The zero-order valence-electron chi connectivity index (χ0n) is 7.25. The molecule has 0 bridgehead atoms. The summed E-state index contributed by atoms with van der Waals surface area (Å²) in [6.07, 6.45) is 3.26. The third-order valence-corrected chi connectivity index (χ3v) is 1.63. The lowest BCUT2D eigenvalue weighted by Gasteiger charge is -2.12. The summed E-state index contributed by atoms with van der Waals surface area (Å²) in [6, 6.07) is -0.208. The van der Waals surface area contributed by atoms with E-state index in [0.717, 1.165) is 19.3 Å². The molecule has 0 saturated carbocycles. The number of aliphatic carboxylic acids is 1. The van der Waals surface area contributed by atoms with Gasteiger partial charge in [-0.3, -0.25) is 9.59 Å². The minimum absolute atomic E-state index is 0.0126. The number of amides is 1. The molecule has 0 saturated heterocycles. The van der Waals surface area contributed by atoms with Crippen LogP contribution in [-0.4, -0.2) is 23.5 Å². The van der Waals surface area contributed by atoms with E-state index in [4.69, 9.17) is 5.11 Å². The Kier molecular flexibility index (Phi) is 6.05. The number of carbonyl (C=O) groups is 2. The van der Waals surface area contributed by atoms with Gasteiger partial charge < -0.3 is 10.4 Å². The molecule has 0 radical (unpaired) electrons. The van der Waals surface area contributed by atoms with Crippen molar-refractivity contribution in [3.63, 3.8) is 0 Å². The molecule has 4 nitrogen and oxygen atoms in total. The van der Waals surface area contributed by atoms with E-state index in [1.165, 1.54) is 0 Å². The average molecular weight is 173 g/mol. The molecule has 1 amide bonds. The van der Waals surface area contributed by atoms with Gasteiger partial charge in [0.15, 0.2) is 0 Å². The molecule has 0 aromatic rings. The standard InChI is InChI=1S/C8H15NO3/c1-2-3-4-7(9-6-10)5-8(11)12/h6-7H,2-5H2,1H3,(H,9,10)(H,11,12). The summed E-state index contributed by atoms with van der Waals surface area (Å²) in [5.41, 5.74) is 0. The van der Waals surface area contributed by atoms with Crippen LogP contribution in [0.3, 0.4) is 0 Å². The molecule has 2 N–H and O–H groups in total. The Balaban J connectivity index is 3.68. The van der Waals surface area contributed by atoms with Gasteiger partial charge in [0.2, 0.25) is 6.41 Å². The molecule has 0 fully saturated rings. The van der Waals surface area contributed by atoms with Gasteiger partial charge in [0, 0.05) is 6.04 Å². The lowest BCUT2D eigenvalue weighted by atomic mass is 10.1. The van der Waals surface area contributed by atoms with Crippen LogP contribution >= 0.6 is 0 Å². The average Bonchev–Trinajstić information content (AvgIpc) is 2.00. The summed E-state index contributed by atoms with van der Waals surface area (Å²) in [7, 11) is 0.